The van der Waals surface area contributed by atoms with Crippen LogP contribution in [0.1, 0.15) is 13.3 Å². The fraction of sp³-hybridized carbons (Fsp3) is 0.600. The molecule has 1 unspecified atom stereocenters. The molecule has 0 aromatic carbocycles. The summed E-state index contributed by atoms with van der Waals surface area (Å²) in [6.07, 6.45) is 3.92. The van der Waals surface area contributed by atoms with Crippen molar-refractivity contribution in [3.63, 3.8) is 0 Å². The minimum atomic E-state index is -0.131. The van der Waals surface area contributed by atoms with Crippen molar-refractivity contribution >= 4 is 5.82 Å². The number of anilines is 1. The number of rotatable bonds is 5. The third-order valence-corrected chi connectivity index (χ3v) is 2.26. The Bertz CT molecular complexity index is 362. The molecule has 0 saturated heterocycles. The molecule has 1 rings (SSSR count). The molecule has 1 heterocycles. The maximum Gasteiger partial charge on any atom is 0.293 e. The smallest absolute Gasteiger partial charge is 0.293 e. The van der Waals surface area contributed by atoms with Gasteiger partial charge in [0, 0.05) is 32.6 Å². The van der Waals surface area contributed by atoms with Gasteiger partial charge in [-0.15, -0.1) is 0 Å². The van der Waals surface area contributed by atoms with E-state index >= 15 is 0 Å². The van der Waals surface area contributed by atoms with Crippen LogP contribution in [-0.4, -0.2) is 27.8 Å². The summed E-state index contributed by atoms with van der Waals surface area (Å²) in [5, 5.41) is 11.7. The second-order valence-electron chi connectivity index (χ2n) is 3.69. The van der Waals surface area contributed by atoms with Gasteiger partial charge in [-0.3, -0.25) is 4.79 Å². The normalized spacial score (nSPS) is 12.5. The van der Waals surface area contributed by atoms with E-state index in [9.17, 15) is 4.79 Å². The Hall–Kier alpha value is -1.36. The number of hydrogen-bond acceptors (Lipinski definition) is 4. The van der Waals surface area contributed by atoms with Crippen LogP contribution in [0.25, 0.3) is 0 Å². The van der Waals surface area contributed by atoms with Crippen molar-refractivity contribution in [2.75, 3.05) is 18.5 Å². The first-order valence-electron chi connectivity index (χ1n) is 5.01. The van der Waals surface area contributed by atoms with Gasteiger partial charge in [-0.05, 0) is 12.3 Å². The monoisotopic (exact) mass is 211 g/mol. The fourth-order valence-corrected chi connectivity index (χ4v) is 1.21. The topological polar surface area (TPSA) is 67.2 Å². The van der Waals surface area contributed by atoms with E-state index in [-0.39, 0.29) is 12.2 Å². The molecule has 0 fully saturated rings. The average Bonchev–Trinajstić information content (AvgIpc) is 2.21. The van der Waals surface area contributed by atoms with Crippen molar-refractivity contribution in [3.8, 4) is 0 Å². The van der Waals surface area contributed by atoms with E-state index in [4.69, 9.17) is 5.11 Å². The predicted octanol–water partition coefficient (Wildman–Crippen LogP) is 0.211. The number of aromatic nitrogens is 2. The zero-order valence-corrected chi connectivity index (χ0v) is 9.10. The Morgan fingerprint density at radius 1 is 1.67 bits per heavy atom. The van der Waals surface area contributed by atoms with E-state index in [1.807, 2.05) is 6.92 Å². The van der Waals surface area contributed by atoms with Crippen molar-refractivity contribution in [1.29, 1.82) is 0 Å². The molecule has 15 heavy (non-hydrogen) atoms. The van der Waals surface area contributed by atoms with Crippen molar-refractivity contribution in [1.82, 2.24) is 9.55 Å². The number of aliphatic hydroxyl groups excluding tert-OH is 1. The quantitative estimate of drug-likeness (QED) is 0.730. The highest BCUT2D eigenvalue weighted by Crippen LogP contribution is 2.01. The summed E-state index contributed by atoms with van der Waals surface area (Å²) in [7, 11) is 1.69. The molecule has 2 N–H and O–H groups in total. The Morgan fingerprint density at radius 2 is 2.40 bits per heavy atom. The Balaban J connectivity index is 2.58. The molecule has 0 aliphatic carbocycles. The van der Waals surface area contributed by atoms with Crippen LogP contribution >= 0.6 is 0 Å². The predicted molar refractivity (Wildman–Crippen MR) is 58.8 cm³/mol. The first-order chi connectivity index (χ1) is 7.15. The molecule has 0 amide bonds. The first-order valence-corrected chi connectivity index (χ1v) is 5.01. The zero-order chi connectivity index (χ0) is 11.3. The molecule has 1 atom stereocenters. The lowest BCUT2D eigenvalue weighted by atomic mass is 10.1. The van der Waals surface area contributed by atoms with Gasteiger partial charge in [0.1, 0.15) is 0 Å². The van der Waals surface area contributed by atoms with Crippen LogP contribution in [0.15, 0.2) is 17.2 Å². The number of nitrogens with zero attached hydrogens (tertiary/aromatic N) is 2. The molecule has 0 aliphatic heterocycles. The molecular formula is C10H17N3O2. The fourth-order valence-electron chi connectivity index (χ4n) is 1.21. The van der Waals surface area contributed by atoms with Gasteiger partial charge >= 0.3 is 0 Å². The van der Waals surface area contributed by atoms with E-state index in [0.29, 0.717) is 18.3 Å². The number of hydrogen-bond donors (Lipinski definition) is 2. The summed E-state index contributed by atoms with van der Waals surface area (Å²) in [6.45, 7) is 2.83. The van der Waals surface area contributed by atoms with E-state index in [1.165, 1.54) is 4.57 Å². The van der Waals surface area contributed by atoms with Crippen molar-refractivity contribution in [2.45, 2.75) is 13.3 Å². The van der Waals surface area contributed by atoms with Crippen LogP contribution in [0.5, 0.6) is 0 Å². The number of aryl methyl sites for hydroxylation is 1. The molecule has 1 aromatic rings. The third kappa shape index (κ3) is 3.36. The lowest BCUT2D eigenvalue weighted by Gasteiger charge is -2.11. The summed E-state index contributed by atoms with van der Waals surface area (Å²) in [4.78, 5) is 15.5. The summed E-state index contributed by atoms with van der Waals surface area (Å²) >= 11 is 0. The maximum atomic E-state index is 11.5. The Labute approximate surface area is 88.8 Å². The van der Waals surface area contributed by atoms with E-state index < -0.39 is 0 Å². The lowest BCUT2D eigenvalue weighted by molar-refractivity contribution is 0.266. The van der Waals surface area contributed by atoms with Crippen molar-refractivity contribution in [2.24, 2.45) is 13.0 Å². The molecule has 0 bridgehead atoms. The largest absolute Gasteiger partial charge is 0.396 e. The van der Waals surface area contributed by atoms with Crippen LogP contribution in [-0.2, 0) is 7.05 Å². The Kier molecular flexibility index (Phi) is 4.30. The molecule has 1 aromatic heterocycles. The standard InChI is InChI=1S/C10H17N3O2/c1-8(3-6-14)7-12-9-10(15)13(2)5-4-11-9/h4-5,8,14H,3,6-7H2,1-2H3,(H,11,12). The maximum absolute atomic E-state index is 11.5. The summed E-state index contributed by atoms with van der Waals surface area (Å²) in [6, 6.07) is 0. The molecule has 0 saturated carbocycles. The van der Waals surface area contributed by atoms with E-state index in [2.05, 4.69) is 10.3 Å². The Morgan fingerprint density at radius 3 is 3.07 bits per heavy atom. The molecule has 5 nitrogen and oxygen atoms in total. The van der Waals surface area contributed by atoms with Gasteiger partial charge in [-0.2, -0.15) is 0 Å². The molecular weight excluding hydrogens is 194 g/mol. The minimum Gasteiger partial charge on any atom is -0.396 e. The van der Waals surface area contributed by atoms with Crippen molar-refractivity contribution < 1.29 is 5.11 Å². The number of nitrogens with one attached hydrogen (secondary N) is 1. The third-order valence-electron chi connectivity index (χ3n) is 2.26. The highest BCUT2D eigenvalue weighted by atomic mass is 16.3. The zero-order valence-electron chi connectivity index (χ0n) is 9.10. The summed E-state index contributed by atoms with van der Waals surface area (Å²) in [5.41, 5.74) is -0.131. The minimum absolute atomic E-state index is 0.131. The van der Waals surface area contributed by atoms with E-state index in [0.717, 1.165) is 6.42 Å². The van der Waals surface area contributed by atoms with Gasteiger partial charge in [0.15, 0.2) is 5.82 Å². The van der Waals surface area contributed by atoms with Crippen LogP contribution in [0.4, 0.5) is 5.82 Å². The second-order valence-corrected chi connectivity index (χ2v) is 3.69. The molecule has 0 radical (unpaired) electrons. The van der Waals surface area contributed by atoms with Crippen LogP contribution in [0.3, 0.4) is 0 Å². The highest BCUT2D eigenvalue weighted by molar-refractivity contribution is 5.30. The summed E-state index contributed by atoms with van der Waals surface area (Å²) < 4.78 is 1.48. The van der Waals surface area contributed by atoms with E-state index in [1.54, 1.807) is 19.4 Å². The van der Waals surface area contributed by atoms with Gasteiger partial charge in [0.05, 0.1) is 0 Å². The first kappa shape index (κ1) is 11.7. The van der Waals surface area contributed by atoms with Gasteiger partial charge < -0.3 is 15.0 Å². The molecule has 0 aliphatic rings. The highest BCUT2D eigenvalue weighted by Gasteiger charge is 2.04. The molecule has 0 spiro atoms. The van der Waals surface area contributed by atoms with Crippen LogP contribution < -0.4 is 10.9 Å². The van der Waals surface area contributed by atoms with Crippen LogP contribution in [0.2, 0.25) is 0 Å². The number of aliphatic hydroxyl groups is 1. The average molecular weight is 211 g/mol. The lowest BCUT2D eigenvalue weighted by Crippen LogP contribution is -2.24. The van der Waals surface area contributed by atoms with Gasteiger partial charge in [-0.1, -0.05) is 6.92 Å². The van der Waals surface area contributed by atoms with Gasteiger partial charge in [0.25, 0.3) is 5.56 Å². The van der Waals surface area contributed by atoms with Crippen LogP contribution in [0, 0.1) is 5.92 Å². The summed E-state index contributed by atoms with van der Waals surface area (Å²) in [5.74, 6) is 0.687. The second kappa shape index (κ2) is 5.50. The van der Waals surface area contributed by atoms with Gasteiger partial charge in [-0.25, -0.2) is 4.98 Å². The van der Waals surface area contributed by atoms with Gasteiger partial charge in [0.2, 0.25) is 0 Å². The molecule has 5 heteroatoms. The molecule has 84 valence electrons. The van der Waals surface area contributed by atoms with Crippen molar-refractivity contribution in [3.05, 3.63) is 22.7 Å². The SMILES string of the molecule is CC(CCO)CNc1nccn(C)c1=O.